The third kappa shape index (κ3) is 2.65. The van der Waals surface area contributed by atoms with Crippen LogP contribution in [0.1, 0.15) is 12.1 Å². The maximum atomic E-state index is 13.8. The average molecular weight is 344 g/mol. The highest BCUT2D eigenvalue weighted by atomic mass is 32.1. The van der Waals surface area contributed by atoms with E-state index < -0.39 is 0 Å². The van der Waals surface area contributed by atoms with Crippen molar-refractivity contribution in [2.75, 3.05) is 29.9 Å². The second-order valence-corrected chi connectivity index (χ2v) is 6.84. The minimum atomic E-state index is -0.254. The van der Waals surface area contributed by atoms with Crippen molar-refractivity contribution in [2.24, 2.45) is 0 Å². The Hall–Kier alpha value is -2.41. The molecule has 0 aliphatic carbocycles. The molecule has 0 spiro atoms. The Balaban J connectivity index is 1.74. The molecule has 3 heterocycles. The van der Waals surface area contributed by atoms with Crippen LogP contribution in [0.25, 0.3) is 4.96 Å². The van der Waals surface area contributed by atoms with E-state index in [0.717, 1.165) is 30.9 Å². The quantitative estimate of drug-likeness (QED) is 0.717. The Morgan fingerprint density at radius 1 is 1.25 bits per heavy atom. The summed E-state index contributed by atoms with van der Waals surface area (Å²) in [7, 11) is 2.02. The van der Waals surface area contributed by atoms with Crippen molar-refractivity contribution in [3.05, 3.63) is 57.7 Å². The van der Waals surface area contributed by atoms with Crippen molar-refractivity contribution in [1.82, 2.24) is 9.38 Å². The van der Waals surface area contributed by atoms with E-state index >= 15 is 0 Å². The SMILES string of the molecule is CN1CCCN(Cc2cc(=O)n3ccsc3n2)c2cc(F)ccc21. The summed E-state index contributed by atoms with van der Waals surface area (Å²) in [5.41, 5.74) is 2.48. The first-order valence-corrected chi connectivity index (χ1v) is 8.71. The number of hydrogen-bond acceptors (Lipinski definition) is 5. The molecule has 0 bridgehead atoms. The highest BCUT2D eigenvalue weighted by Gasteiger charge is 2.20. The monoisotopic (exact) mass is 344 g/mol. The predicted molar refractivity (Wildman–Crippen MR) is 94.7 cm³/mol. The molecule has 1 aliphatic heterocycles. The van der Waals surface area contributed by atoms with Crippen LogP contribution in [0.15, 0.2) is 40.6 Å². The van der Waals surface area contributed by atoms with E-state index in [0.29, 0.717) is 17.2 Å². The predicted octanol–water partition coefficient (Wildman–Crippen LogP) is 2.74. The molecule has 0 amide bonds. The summed E-state index contributed by atoms with van der Waals surface area (Å²) in [6.07, 6.45) is 2.69. The van der Waals surface area contributed by atoms with Gasteiger partial charge in [-0.05, 0) is 24.6 Å². The number of halogens is 1. The van der Waals surface area contributed by atoms with Crippen LogP contribution in [0.3, 0.4) is 0 Å². The second kappa shape index (κ2) is 5.90. The number of rotatable bonds is 2. The van der Waals surface area contributed by atoms with Gasteiger partial charge in [-0.25, -0.2) is 9.37 Å². The first-order chi connectivity index (χ1) is 11.6. The van der Waals surface area contributed by atoms with Crippen LogP contribution in [-0.4, -0.2) is 29.5 Å². The topological polar surface area (TPSA) is 40.9 Å². The van der Waals surface area contributed by atoms with E-state index in [-0.39, 0.29) is 11.4 Å². The lowest BCUT2D eigenvalue weighted by atomic mass is 10.2. The molecule has 2 aromatic heterocycles. The molecule has 3 aromatic rings. The maximum absolute atomic E-state index is 13.8. The summed E-state index contributed by atoms with van der Waals surface area (Å²) in [6, 6.07) is 6.43. The fraction of sp³-hybridized carbons (Fsp3) is 0.294. The zero-order valence-corrected chi connectivity index (χ0v) is 14.1. The van der Waals surface area contributed by atoms with Crippen LogP contribution in [0.2, 0.25) is 0 Å². The molecular weight excluding hydrogens is 327 g/mol. The molecule has 5 nitrogen and oxygen atoms in total. The number of anilines is 2. The van der Waals surface area contributed by atoms with E-state index in [1.165, 1.54) is 21.8 Å². The van der Waals surface area contributed by atoms with Gasteiger partial charge in [-0.2, -0.15) is 0 Å². The molecule has 0 saturated heterocycles. The second-order valence-electron chi connectivity index (χ2n) is 5.97. The molecule has 4 rings (SSSR count). The van der Waals surface area contributed by atoms with Crippen LogP contribution < -0.4 is 15.4 Å². The fourth-order valence-electron chi connectivity index (χ4n) is 3.14. The maximum Gasteiger partial charge on any atom is 0.258 e. The molecule has 124 valence electrons. The Morgan fingerprint density at radius 3 is 3.00 bits per heavy atom. The number of fused-ring (bicyclic) bond motifs is 2. The number of aromatic nitrogens is 2. The van der Waals surface area contributed by atoms with Gasteiger partial charge in [0.2, 0.25) is 0 Å². The number of benzene rings is 1. The summed E-state index contributed by atoms with van der Waals surface area (Å²) >= 11 is 1.44. The zero-order valence-electron chi connectivity index (χ0n) is 13.3. The standard InChI is InChI=1S/C17H17FN4OS/c1-20-5-2-6-21(15-9-12(18)3-4-14(15)20)11-13-10-16(23)22-7-8-24-17(22)19-13/h3-4,7-10H,2,5-6,11H2,1H3. The summed E-state index contributed by atoms with van der Waals surface area (Å²) in [5.74, 6) is -0.254. The lowest BCUT2D eigenvalue weighted by molar-refractivity contribution is 0.626. The van der Waals surface area contributed by atoms with E-state index in [2.05, 4.69) is 14.8 Å². The largest absolute Gasteiger partial charge is 0.373 e. The van der Waals surface area contributed by atoms with Gasteiger partial charge in [0.25, 0.3) is 5.56 Å². The molecule has 0 radical (unpaired) electrons. The van der Waals surface area contributed by atoms with E-state index in [9.17, 15) is 9.18 Å². The number of nitrogens with zero attached hydrogens (tertiary/aromatic N) is 4. The Labute approximate surface area is 142 Å². The molecule has 0 saturated carbocycles. The number of thiazole rings is 1. The smallest absolute Gasteiger partial charge is 0.258 e. The van der Waals surface area contributed by atoms with Crippen LogP contribution in [-0.2, 0) is 6.54 Å². The lowest BCUT2D eigenvalue weighted by Gasteiger charge is -2.25. The first kappa shape index (κ1) is 15.1. The average Bonchev–Trinajstić information content (AvgIpc) is 2.97. The van der Waals surface area contributed by atoms with Gasteiger partial charge < -0.3 is 9.80 Å². The molecule has 0 N–H and O–H groups in total. The minimum Gasteiger partial charge on any atom is -0.373 e. The minimum absolute atomic E-state index is 0.0809. The van der Waals surface area contributed by atoms with Crippen LogP contribution in [0.5, 0.6) is 0 Å². The molecule has 1 aromatic carbocycles. The van der Waals surface area contributed by atoms with Crippen molar-refractivity contribution >= 4 is 27.7 Å². The Bertz CT molecular complexity index is 951. The molecule has 1 aliphatic rings. The van der Waals surface area contributed by atoms with E-state index in [1.54, 1.807) is 18.3 Å². The normalized spacial score (nSPS) is 14.8. The third-order valence-corrected chi connectivity index (χ3v) is 5.08. The van der Waals surface area contributed by atoms with Crippen LogP contribution in [0.4, 0.5) is 15.8 Å². The molecule has 24 heavy (non-hydrogen) atoms. The van der Waals surface area contributed by atoms with Gasteiger partial charge in [0.1, 0.15) is 5.82 Å². The third-order valence-electron chi connectivity index (χ3n) is 4.32. The van der Waals surface area contributed by atoms with Crippen molar-refractivity contribution in [3.63, 3.8) is 0 Å². The molecule has 0 fully saturated rings. The van der Waals surface area contributed by atoms with Crippen molar-refractivity contribution in [2.45, 2.75) is 13.0 Å². The molecular formula is C17H17FN4OS. The van der Waals surface area contributed by atoms with Gasteiger partial charge in [0, 0.05) is 37.8 Å². The number of hydrogen-bond donors (Lipinski definition) is 0. The lowest BCUT2D eigenvalue weighted by Crippen LogP contribution is -2.25. The van der Waals surface area contributed by atoms with Crippen molar-refractivity contribution in [3.8, 4) is 0 Å². The summed E-state index contributed by atoms with van der Waals surface area (Å²) < 4.78 is 15.3. The summed E-state index contributed by atoms with van der Waals surface area (Å²) in [6.45, 7) is 2.20. The zero-order chi connectivity index (χ0) is 16.7. The molecule has 0 atom stereocenters. The van der Waals surface area contributed by atoms with E-state index in [1.807, 2.05) is 18.5 Å². The fourth-order valence-corrected chi connectivity index (χ4v) is 3.88. The van der Waals surface area contributed by atoms with Gasteiger partial charge in [-0.3, -0.25) is 9.20 Å². The van der Waals surface area contributed by atoms with Gasteiger partial charge in [0.15, 0.2) is 4.96 Å². The van der Waals surface area contributed by atoms with Gasteiger partial charge in [-0.15, -0.1) is 11.3 Å². The van der Waals surface area contributed by atoms with Crippen LogP contribution in [0, 0.1) is 5.82 Å². The van der Waals surface area contributed by atoms with Crippen molar-refractivity contribution < 1.29 is 4.39 Å². The van der Waals surface area contributed by atoms with E-state index in [4.69, 9.17) is 0 Å². The van der Waals surface area contributed by atoms with Gasteiger partial charge >= 0.3 is 0 Å². The highest BCUT2D eigenvalue weighted by Crippen LogP contribution is 2.33. The summed E-state index contributed by atoms with van der Waals surface area (Å²) in [5, 5.41) is 1.85. The molecule has 7 heteroatoms. The van der Waals surface area contributed by atoms with Crippen LogP contribution >= 0.6 is 11.3 Å². The van der Waals surface area contributed by atoms with Gasteiger partial charge in [-0.1, -0.05) is 0 Å². The summed E-state index contributed by atoms with van der Waals surface area (Å²) in [4.78, 5) is 21.7. The Morgan fingerprint density at radius 2 is 2.12 bits per heavy atom. The Kier molecular flexibility index (Phi) is 3.72. The first-order valence-electron chi connectivity index (χ1n) is 7.83. The van der Waals surface area contributed by atoms with Gasteiger partial charge in [0.05, 0.1) is 23.6 Å². The van der Waals surface area contributed by atoms with Crippen molar-refractivity contribution in [1.29, 1.82) is 0 Å². The highest BCUT2D eigenvalue weighted by molar-refractivity contribution is 7.15. The molecule has 0 unspecified atom stereocenters.